The summed E-state index contributed by atoms with van der Waals surface area (Å²) >= 11 is 0. The maximum Gasteiger partial charge on any atom is 0.246 e. The van der Waals surface area contributed by atoms with Crippen molar-refractivity contribution in [2.24, 2.45) is 0 Å². The minimum Gasteiger partial charge on any atom is -0.395 e. The lowest BCUT2D eigenvalue weighted by Gasteiger charge is -2.33. The molecule has 0 atom stereocenters. The Labute approximate surface area is 119 Å². The Hall–Kier alpha value is -1.16. The van der Waals surface area contributed by atoms with Crippen LogP contribution in [0.2, 0.25) is 0 Å². The van der Waals surface area contributed by atoms with E-state index in [1.54, 1.807) is 0 Å². The number of pyridine rings is 1. The van der Waals surface area contributed by atoms with Gasteiger partial charge in [-0.3, -0.25) is 4.90 Å². The normalized spacial score (nSPS) is 18.2. The van der Waals surface area contributed by atoms with Crippen molar-refractivity contribution in [1.29, 1.82) is 0 Å². The number of anilines is 1. The highest BCUT2D eigenvalue weighted by molar-refractivity contribution is 7.89. The zero-order valence-corrected chi connectivity index (χ0v) is 11.9. The molecule has 0 amide bonds. The molecule has 0 aliphatic carbocycles. The Balaban J connectivity index is 2.18. The van der Waals surface area contributed by atoms with Crippen LogP contribution in [0, 0.1) is 0 Å². The summed E-state index contributed by atoms with van der Waals surface area (Å²) in [5.74, 6) is -0.0445. The molecule has 1 fully saturated rings. The van der Waals surface area contributed by atoms with Gasteiger partial charge in [0.25, 0.3) is 0 Å². The van der Waals surface area contributed by atoms with E-state index in [0.717, 1.165) is 0 Å². The fourth-order valence-corrected chi connectivity index (χ4v) is 3.68. The lowest BCUT2D eigenvalue weighted by atomic mass is 9.99. The molecule has 1 saturated heterocycles. The maximum absolute atomic E-state index is 12.5. The minimum absolute atomic E-state index is 0.0445. The number of nitrogen functional groups attached to an aromatic ring is 1. The van der Waals surface area contributed by atoms with Gasteiger partial charge in [0.1, 0.15) is 18.6 Å². The summed E-state index contributed by atoms with van der Waals surface area (Å²) in [6.45, 7) is 2.49. The number of hydrogen-bond acceptors (Lipinski definition) is 6. The zero-order chi connectivity index (χ0) is 14.8. The van der Waals surface area contributed by atoms with E-state index in [2.05, 4.69) is 4.98 Å². The van der Waals surface area contributed by atoms with Gasteiger partial charge in [-0.2, -0.15) is 4.31 Å². The Morgan fingerprint density at radius 2 is 2.00 bits per heavy atom. The fraction of sp³-hybridized carbons (Fsp3) is 0.545. The highest BCUT2D eigenvalue weighted by Crippen LogP contribution is 2.20. The second-order valence-corrected chi connectivity index (χ2v) is 6.53. The lowest BCUT2D eigenvalue weighted by molar-refractivity contribution is 0.151. The summed E-state index contributed by atoms with van der Waals surface area (Å²) in [5, 5.41) is 8.88. The quantitative estimate of drug-likeness (QED) is 0.609. The second-order valence-electron chi connectivity index (χ2n) is 4.62. The van der Waals surface area contributed by atoms with Crippen molar-refractivity contribution in [3.05, 3.63) is 12.3 Å². The molecular weight excluding hydrogens is 279 g/mol. The lowest BCUT2D eigenvalue weighted by Crippen LogP contribution is -2.49. The number of β-amino-alcohol motifs (C(OH)–C–C–N with tert-alkyl or cyclic N) is 1. The molecule has 20 heavy (non-hydrogen) atoms. The van der Waals surface area contributed by atoms with Crippen molar-refractivity contribution in [3.63, 3.8) is 0 Å². The molecule has 7 nitrogen and oxygen atoms in total. The number of aliphatic hydroxyl groups excluding tert-OH is 1. The summed E-state index contributed by atoms with van der Waals surface area (Å²) in [6.07, 6.45) is 1.33. The molecule has 0 saturated carbocycles. The van der Waals surface area contributed by atoms with Gasteiger partial charge in [0.15, 0.2) is 0 Å². The van der Waals surface area contributed by atoms with Crippen molar-refractivity contribution in [2.45, 2.75) is 4.90 Å². The number of piperazine rings is 1. The molecule has 3 N–H and O–H groups in total. The monoisotopic (exact) mass is 296 g/mol. The smallest absolute Gasteiger partial charge is 0.246 e. The van der Waals surface area contributed by atoms with Gasteiger partial charge in [0.2, 0.25) is 10.0 Å². The molecule has 0 unspecified atom stereocenters. The van der Waals surface area contributed by atoms with Gasteiger partial charge in [0.05, 0.1) is 6.61 Å². The van der Waals surface area contributed by atoms with E-state index in [4.69, 9.17) is 18.7 Å². The molecule has 2 rings (SSSR count). The summed E-state index contributed by atoms with van der Waals surface area (Å²) in [6, 6.07) is 1.33. The first kappa shape index (κ1) is 15.2. The molecule has 1 aromatic rings. The number of rotatable bonds is 4. The molecule has 0 aromatic carbocycles. The highest BCUT2D eigenvalue weighted by atomic mass is 32.2. The third kappa shape index (κ3) is 3.12. The Morgan fingerprint density at radius 3 is 2.60 bits per heavy atom. The van der Waals surface area contributed by atoms with E-state index < -0.39 is 10.0 Å². The van der Waals surface area contributed by atoms with Crippen molar-refractivity contribution >= 4 is 29.2 Å². The first-order valence-electron chi connectivity index (χ1n) is 6.29. The summed E-state index contributed by atoms with van der Waals surface area (Å²) in [4.78, 5) is 5.75. The van der Waals surface area contributed by atoms with Crippen molar-refractivity contribution in [3.8, 4) is 0 Å². The predicted octanol–water partition coefficient (Wildman–Crippen LogP) is -2.24. The highest BCUT2D eigenvalue weighted by Gasteiger charge is 2.30. The predicted molar refractivity (Wildman–Crippen MR) is 76.3 cm³/mol. The molecular formula is C11H17BN4O3S. The van der Waals surface area contributed by atoms with E-state index in [-0.39, 0.29) is 22.8 Å². The zero-order valence-electron chi connectivity index (χ0n) is 11.1. The Kier molecular flexibility index (Phi) is 4.64. The topological polar surface area (TPSA) is 99.8 Å². The van der Waals surface area contributed by atoms with Crippen LogP contribution >= 0.6 is 0 Å². The first-order valence-corrected chi connectivity index (χ1v) is 7.73. The van der Waals surface area contributed by atoms with Crippen LogP contribution in [0.4, 0.5) is 5.82 Å². The molecule has 0 bridgehead atoms. The largest absolute Gasteiger partial charge is 0.395 e. The van der Waals surface area contributed by atoms with Crippen LogP contribution in [0.1, 0.15) is 0 Å². The van der Waals surface area contributed by atoms with Gasteiger partial charge < -0.3 is 10.8 Å². The van der Waals surface area contributed by atoms with Crippen LogP contribution in [0.15, 0.2) is 17.2 Å². The molecule has 9 heteroatoms. The first-order chi connectivity index (χ1) is 9.45. The van der Waals surface area contributed by atoms with Crippen LogP contribution < -0.4 is 11.2 Å². The van der Waals surface area contributed by atoms with Gasteiger partial charge in [-0.1, -0.05) is 5.46 Å². The number of aromatic nitrogens is 1. The molecule has 2 radical (unpaired) electrons. The van der Waals surface area contributed by atoms with E-state index in [1.807, 2.05) is 4.90 Å². The average Bonchev–Trinajstić information content (AvgIpc) is 2.42. The number of aliphatic hydroxyl groups is 1. The third-order valence-electron chi connectivity index (χ3n) is 3.27. The van der Waals surface area contributed by atoms with Crippen molar-refractivity contribution < 1.29 is 13.5 Å². The third-order valence-corrected chi connectivity index (χ3v) is 5.20. The van der Waals surface area contributed by atoms with Crippen LogP contribution in [0.3, 0.4) is 0 Å². The standard InChI is InChI=1S/C11H17BN4O3S/c12-9-7-10(11(13)14-8-9)20(18,19)16-3-1-15(2-4-16)5-6-17/h7-8,17H,1-6H2,(H2,13,14). The number of sulfonamides is 1. The molecule has 2 heterocycles. The second kappa shape index (κ2) is 6.09. The van der Waals surface area contributed by atoms with Crippen molar-refractivity contribution in [2.75, 3.05) is 45.1 Å². The molecule has 1 aliphatic heterocycles. The number of hydrogen-bond donors (Lipinski definition) is 2. The molecule has 1 aromatic heterocycles. The van der Waals surface area contributed by atoms with Crippen LogP contribution in [-0.4, -0.2) is 74.9 Å². The molecule has 0 spiro atoms. The van der Waals surface area contributed by atoms with Crippen LogP contribution in [0.25, 0.3) is 0 Å². The van der Waals surface area contributed by atoms with Gasteiger partial charge in [-0.15, -0.1) is 0 Å². The number of nitrogens with zero attached hydrogens (tertiary/aromatic N) is 3. The number of nitrogens with two attached hydrogens (primary N) is 1. The van der Waals surface area contributed by atoms with Gasteiger partial charge in [-0.05, 0) is 6.07 Å². The van der Waals surface area contributed by atoms with E-state index in [9.17, 15) is 8.42 Å². The van der Waals surface area contributed by atoms with Gasteiger partial charge >= 0.3 is 0 Å². The maximum atomic E-state index is 12.5. The average molecular weight is 296 g/mol. The van der Waals surface area contributed by atoms with Gasteiger partial charge in [-0.25, -0.2) is 13.4 Å². The van der Waals surface area contributed by atoms with E-state index in [1.165, 1.54) is 16.6 Å². The molecule has 1 aliphatic rings. The SMILES string of the molecule is [B]c1cnc(N)c(S(=O)(=O)N2CCN(CCO)CC2)c1. The van der Waals surface area contributed by atoms with Crippen molar-refractivity contribution in [1.82, 2.24) is 14.2 Å². The summed E-state index contributed by atoms with van der Waals surface area (Å²) in [5.41, 5.74) is 5.90. The summed E-state index contributed by atoms with van der Waals surface area (Å²) in [7, 11) is 1.90. The Morgan fingerprint density at radius 1 is 1.35 bits per heavy atom. The summed E-state index contributed by atoms with van der Waals surface area (Å²) < 4.78 is 26.4. The van der Waals surface area contributed by atoms with E-state index >= 15 is 0 Å². The van der Waals surface area contributed by atoms with Crippen LogP contribution in [0.5, 0.6) is 0 Å². The van der Waals surface area contributed by atoms with Gasteiger partial charge in [0, 0.05) is 38.9 Å². The van der Waals surface area contributed by atoms with Crippen LogP contribution in [-0.2, 0) is 10.0 Å². The Bertz CT molecular complexity index is 573. The fourth-order valence-electron chi connectivity index (χ4n) is 2.15. The van der Waals surface area contributed by atoms with E-state index in [0.29, 0.717) is 32.7 Å². The minimum atomic E-state index is -3.68. The molecule has 108 valence electrons.